The van der Waals surface area contributed by atoms with Gasteiger partial charge in [0.2, 0.25) is 5.91 Å². The number of rotatable bonds is 6. The fourth-order valence-electron chi connectivity index (χ4n) is 2.13. The van der Waals surface area contributed by atoms with E-state index in [9.17, 15) is 9.18 Å². The van der Waals surface area contributed by atoms with Gasteiger partial charge in [-0.1, -0.05) is 42.5 Å². The van der Waals surface area contributed by atoms with E-state index < -0.39 is 0 Å². The Hall–Kier alpha value is -2.20. The third-order valence-electron chi connectivity index (χ3n) is 3.26. The predicted molar refractivity (Wildman–Crippen MR) is 81.1 cm³/mol. The highest BCUT2D eigenvalue weighted by atomic mass is 19.1. The van der Waals surface area contributed by atoms with Crippen LogP contribution in [0.15, 0.2) is 54.6 Å². The fourth-order valence-corrected chi connectivity index (χ4v) is 2.13. The van der Waals surface area contributed by atoms with Crippen molar-refractivity contribution in [2.75, 3.05) is 6.54 Å². The summed E-state index contributed by atoms with van der Waals surface area (Å²) in [5, 5.41) is 2.81. The second kappa shape index (κ2) is 7.55. The van der Waals surface area contributed by atoms with Gasteiger partial charge >= 0.3 is 0 Å². The lowest BCUT2D eigenvalue weighted by atomic mass is 10.0. The number of nitrogens with one attached hydrogen (secondary N) is 1. The topological polar surface area (TPSA) is 55.1 Å². The van der Waals surface area contributed by atoms with Crippen LogP contribution in [0, 0.1) is 5.82 Å². The normalized spacial score (nSPS) is 11.9. The highest BCUT2D eigenvalue weighted by Crippen LogP contribution is 2.12. The van der Waals surface area contributed by atoms with Crippen molar-refractivity contribution in [2.45, 2.75) is 18.9 Å². The van der Waals surface area contributed by atoms with Crippen molar-refractivity contribution in [1.29, 1.82) is 0 Å². The van der Waals surface area contributed by atoms with Crippen molar-refractivity contribution in [2.24, 2.45) is 5.73 Å². The van der Waals surface area contributed by atoms with Crippen LogP contribution in [-0.4, -0.2) is 12.5 Å². The van der Waals surface area contributed by atoms with Crippen LogP contribution >= 0.6 is 0 Å². The van der Waals surface area contributed by atoms with Gasteiger partial charge in [0.25, 0.3) is 0 Å². The lowest BCUT2D eigenvalue weighted by Crippen LogP contribution is -2.28. The molecule has 3 nitrogen and oxygen atoms in total. The van der Waals surface area contributed by atoms with Gasteiger partial charge in [-0.25, -0.2) is 4.39 Å². The number of halogens is 1. The molecule has 21 heavy (non-hydrogen) atoms. The van der Waals surface area contributed by atoms with Gasteiger partial charge in [-0.3, -0.25) is 4.79 Å². The molecule has 0 fully saturated rings. The maximum Gasteiger partial charge on any atom is 0.224 e. The minimum absolute atomic E-state index is 0.0966. The third-order valence-corrected chi connectivity index (χ3v) is 3.26. The van der Waals surface area contributed by atoms with Crippen molar-refractivity contribution in [3.8, 4) is 0 Å². The zero-order chi connectivity index (χ0) is 15.1. The van der Waals surface area contributed by atoms with Gasteiger partial charge in [-0.15, -0.1) is 0 Å². The maximum atomic E-state index is 13.0. The van der Waals surface area contributed by atoms with Gasteiger partial charge in [-0.2, -0.15) is 0 Å². The van der Waals surface area contributed by atoms with Crippen LogP contribution in [-0.2, 0) is 11.2 Å². The van der Waals surface area contributed by atoms with Crippen LogP contribution in [0.4, 0.5) is 4.39 Å². The lowest BCUT2D eigenvalue weighted by Gasteiger charge is -2.12. The van der Waals surface area contributed by atoms with Crippen molar-refractivity contribution in [1.82, 2.24) is 5.32 Å². The Balaban J connectivity index is 1.74. The summed E-state index contributed by atoms with van der Waals surface area (Å²) in [5.41, 5.74) is 7.77. The second-order valence-corrected chi connectivity index (χ2v) is 4.96. The molecule has 0 aliphatic rings. The molecule has 0 radical (unpaired) electrons. The number of nitrogens with two attached hydrogens (primary N) is 1. The van der Waals surface area contributed by atoms with E-state index in [-0.39, 0.29) is 24.2 Å². The van der Waals surface area contributed by atoms with E-state index in [0.717, 1.165) is 5.56 Å². The molecule has 2 rings (SSSR count). The van der Waals surface area contributed by atoms with Crippen molar-refractivity contribution in [3.05, 3.63) is 71.5 Å². The molecule has 2 aromatic rings. The maximum absolute atomic E-state index is 13.0. The van der Waals surface area contributed by atoms with Crippen molar-refractivity contribution >= 4 is 5.91 Å². The molecule has 0 aromatic heterocycles. The van der Waals surface area contributed by atoms with Crippen LogP contribution in [0.5, 0.6) is 0 Å². The Morgan fingerprint density at radius 2 is 1.90 bits per heavy atom. The quantitative estimate of drug-likeness (QED) is 0.857. The molecule has 1 amide bonds. The minimum Gasteiger partial charge on any atom is -0.356 e. The molecule has 0 spiro atoms. The number of benzene rings is 2. The summed E-state index contributed by atoms with van der Waals surface area (Å²) in [6.45, 7) is 0.504. The fraction of sp³-hybridized carbons (Fsp3) is 0.235. The average molecular weight is 286 g/mol. The summed E-state index contributed by atoms with van der Waals surface area (Å²) in [7, 11) is 0. The molecule has 0 saturated carbocycles. The Morgan fingerprint density at radius 3 is 2.62 bits per heavy atom. The Kier molecular flexibility index (Phi) is 5.46. The highest BCUT2D eigenvalue weighted by Gasteiger charge is 2.07. The first-order valence-electron chi connectivity index (χ1n) is 6.97. The summed E-state index contributed by atoms with van der Waals surface area (Å²) < 4.78 is 13.0. The van der Waals surface area contributed by atoms with Crippen LogP contribution in [0.1, 0.15) is 23.6 Å². The number of hydrogen-bond donors (Lipinski definition) is 2. The van der Waals surface area contributed by atoms with E-state index in [1.807, 2.05) is 30.3 Å². The molecule has 110 valence electrons. The van der Waals surface area contributed by atoms with Gasteiger partial charge in [0.15, 0.2) is 0 Å². The van der Waals surface area contributed by atoms with Gasteiger partial charge < -0.3 is 11.1 Å². The molecule has 2 aromatic carbocycles. The molecule has 1 atom stereocenters. The summed E-state index contributed by atoms with van der Waals surface area (Å²) in [6, 6.07) is 15.7. The van der Waals surface area contributed by atoms with Crippen LogP contribution in [0.2, 0.25) is 0 Å². The standard InChI is InChI=1S/C17H19FN2O/c18-15-8-4-5-13(11-15)12-17(21)20-10-9-16(19)14-6-2-1-3-7-14/h1-8,11,16H,9-10,12,19H2,(H,20,21). The Labute approximate surface area is 124 Å². The molecular weight excluding hydrogens is 267 g/mol. The van der Waals surface area contributed by atoms with Crippen LogP contribution < -0.4 is 11.1 Å². The first-order chi connectivity index (χ1) is 10.1. The molecule has 0 bridgehead atoms. The zero-order valence-electron chi connectivity index (χ0n) is 11.8. The molecule has 0 aliphatic carbocycles. The minimum atomic E-state index is -0.327. The van der Waals surface area contributed by atoms with E-state index >= 15 is 0 Å². The van der Waals surface area contributed by atoms with Crippen molar-refractivity contribution < 1.29 is 9.18 Å². The highest BCUT2D eigenvalue weighted by molar-refractivity contribution is 5.78. The van der Waals surface area contributed by atoms with Crippen LogP contribution in [0.3, 0.4) is 0 Å². The molecule has 0 heterocycles. The first-order valence-corrected chi connectivity index (χ1v) is 6.97. The van der Waals surface area contributed by atoms with Crippen molar-refractivity contribution in [3.63, 3.8) is 0 Å². The molecular formula is C17H19FN2O. The van der Waals surface area contributed by atoms with Crippen LogP contribution in [0.25, 0.3) is 0 Å². The molecule has 0 aliphatic heterocycles. The average Bonchev–Trinajstić information content (AvgIpc) is 2.48. The van der Waals surface area contributed by atoms with Gasteiger partial charge in [-0.05, 0) is 29.7 Å². The Morgan fingerprint density at radius 1 is 1.14 bits per heavy atom. The largest absolute Gasteiger partial charge is 0.356 e. The second-order valence-electron chi connectivity index (χ2n) is 4.96. The number of hydrogen-bond acceptors (Lipinski definition) is 2. The predicted octanol–water partition coefficient (Wildman–Crippen LogP) is 2.57. The van der Waals surface area contributed by atoms with E-state index in [0.29, 0.717) is 18.5 Å². The van der Waals surface area contributed by atoms with E-state index in [1.165, 1.54) is 12.1 Å². The SMILES string of the molecule is NC(CCNC(=O)Cc1cccc(F)c1)c1ccccc1. The summed E-state index contributed by atoms with van der Waals surface area (Å²) in [4.78, 5) is 11.8. The van der Waals surface area contributed by atoms with E-state index in [1.54, 1.807) is 12.1 Å². The molecule has 1 unspecified atom stereocenters. The molecule has 0 saturated heterocycles. The number of carbonyl (C=O) groups excluding carboxylic acids is 1. The van der Waals surface area contributed by atoms with Gasteiger partial charge in [0.05, 0.1) is 6.42 Å². The van der Waals surface area contributed by atoms with Gasteiger partial charge in [0.1, 0.15) is 5.82 Å². The first kappa shape index (κ1) is 15.2. The van der Waals surface area contributed by atoms with Gasteiger partial charge in [0, 0.05) is 12.6 Å². The molecule has 4 heteroatoms. The smallest absolute Gasteiger partial charge is 0.224 e. The molecule has 3 N–H and O–H groups in total. The number of carbonyl (C=O) groups is 1. The third kappa shape index (κ3) is 5.00. The monoisotopic (exact) mass is 286 g/mol. The summed E-state index contributed by atoms with van der Waals surface area (Å²) in [5.74, 6) is -0.452. The summed E-state index contributed by atoms with van der Waals surface area (Å²) in [6.07, 6.45) is 0.844. The Bertz CT molecular complexity index is 586. The zero-order valence-corrected chi connectivity index (χ0v) is 11.8. The number of amides is 1. The van der Waals surface area contributed by atoms with E-state index in [2.05, 4.69) is 5.32 Å². The van der Waals surface area contributed by atoms with E-state index in [4.69, 9.17) is 5.73 Å². The summed E-state index contributed by atoms with van der Waals surface area (Å²) >= 11 is 0. The lowest BCUT2D eigenvalue weighted by molar-refractivity contribution is -0.120.